The highest BCUT2D eigenvalue weighted by molar-refractivity contribution is 5.81. The molecule has 1 N–H and O–H groups in total. The third kappa shape index (κ3) is 2.87. The highest BCUT2D eigenvalue weighted by atomic mass is 16.6. The van der Waals surface area contributed by atoms with Crippen molar-refractivity contribution in [3.8, 4) is 0 Å². The van der Waals surface area contributed by atoms with Crippen LogP contribution in [0, 0.1) is 0 Å². The van der Waals surface area contributed by atoms with Crippen molar-refractivity contribution in [1.29, 1.82) is 0 Å². The smallest absolute Gasteiger partial charge is 0.330 e. The van der Waals surface area contributed by atoms with E-state index in [2.05, 4.69) is 6.58 Å². The van der Waals surface area contributed by atoms with Crippen LogP contribution in [0.4, 0.5) is 0 Å². The lowest BCUT2D eigenvalue weighted by molar-refractivity contribution is -0.223. The van der Waals surface area contributed by atoms with Gasteiger partial charge in [-0.1, -0.05) is 6.58 Å². The van der Waals surface area contributed by atoms with Gasteiger partial charge in [0.25, 0.3) is 0 Å². The summed E-state index contributed by atoms with van der Waals surface area (Å²) in [5, 5.41) is 9.84. The SMILES string of the molecule is C=CC(=O)OC1CCC2(CC1)CCC(C)(O)O2. The highest BCUT2D eigenvalue weighted by Crippen LogP contribution is 2.45. The van der Waals surface area contributed by atoms with E-state index >= 15 is 0 Å². The summed E-state index contributed by atoms with van der Waals surface area (Å²) in [5.74, 6) is -1.34. The maximum Gasteiger partial charge on any atom is 0.330 e. The molecule has 1 aliphatic carbocycles. The Morgan fingerprint density at radius 3 is 2.53 bits per heavy atom. The predicted octanol–water partition coefficient (Wildman–Crippen LogP) is 1.92. The van der Waals surface area contributed by atoms with Gasteiger partial charge in [0.15, 0.2) is 5.79 Å². The molecule has 1 saturated carbocycles. The summed E-state index contributed by atoms with van der Waals surface area (Å²) in [6.07, 6.45) is 6.04. The molecule has 0 amide bonds. The van der Waals surface area contributed by atoms with E-state index < -0.39 is 5.79 Å². The topological polar surface area (TPSA) is 55.8 Å². The van der Waals surface area contributed by atoms with Crippen molar-refractivity contribution in [1.82, 2.24) is 0 Å². The standard InChI is InChI=1S/C13H20O4/c1-3-11(14)16-10-4-6-13(7-5-10)9-8-12(2,15)17-13/h3,10,15H,1,4-9H2,2H3. The van der Waals surface area contributed by atoms with Crippen molar-refractivity contribution in [2.24, 2.45) is 0 Å². The second-order valence-electron chi connectivity index (χ2n) is 5.30. The summed E-state index contributed by atoms with van der Waals surface area (Å²) in [4.78, 5) is 11.1. The van der Waals surface area contributed by atoms with Crippen molar-refractivity contribution in [2.75, 3.05) is 0 Å². The van der Waals surface area contributed by atoms with Crippen molar-refractivity contribution in [3.05, 3.63) is 12.7 Å². The van der Waals surface area contributed by atoms with Crippen LogP contribution in [0.15, 0.2) is 12.7 Å². The van der Waals surface area contributed by atoms with E-state index in [0.717, 1.165) is 32.1 Å². The van der Waals surface area contributed by atoms with E-state index in [1.165, 1.54) is 6.08 Å². The third-order valence-electron chi connectivity index (χ3n) is 3.77. The zero-order chi connectivity index (χ0) is 12.5. The van der Waals surface area contributed by atoms with Crippen LogP contribution in [0.3, 0.4) is 0 Å². The first-order chi connectivity index (χ1) is 7.95. The van der Waals surface area contributed by atoms with E-state index in [-0.39, 0.29) is 17.7 Å². The molecular formula is C13H20O4. The molecule has 2 aliphatic rings. The summed E-state index contributed by atoms with van der Waals surface area (Å²) in [6, 6.07) is 0. The number of hydrogen-bond acceptors (Lipinski definition) is 4. The molecule has 0 aromatic carbocycles. The minimum absolute atomic E-state index is 0.0275. The second kappa shape index (κ2) is 4.42. The van der Waals surface area contributed by atoms with Crippen molar-refractivity contribution in [3.63, 3.8) is 0 Å². The Labute approximate surface area is 102 Å². The Balaban J connectivity index is 1.86. The molecule has 17 heavy (non-hydrogen) atoms. The number of carbonyl (C=O) groups excluding carboxylic acids is 1. The van der Waals surface area contributed by atoms with Gasteiger partial charge >= 0.3 is 5.97 Å². The van der Waals surface area contributed by atoms with Gasteiger partial charge in [0, 0.05) is 12.5 Å². The van der Waals surface area contributed by atoms with E-state index in [1.807, 2.05) is 0 Å². The summed E-state index contributed by atoms with van der Waals surface area (Å²) in [7, 11) is 0. The monoisotopic (exact) mass is 240 g/mol. The Hall–Kier alpha value is -0.870. The molecule has 1 heterocycles. The van der Waals surface area contributed by atoms with Crippen LogP contribution >= 0.6 is 0 Å². The van der Waals surface area contributed by atoms with Crippen LogP contribution < -0.4 is 0 Å². The summed E-state index contributed by atoms with van der Waals surface area (Å²) >= 11 is 0. The van der Waals surface area contributed by atoms with E-state index in [4.69, 9.17) is 9.47 Å². The Morgan fingerprint density at radius 1 is 1.41 bits per heavy atom. The quantitative estimate of drug-likeness (QED) is 0.592. The lowest BCUT2D eigenvalue weighted by Crippen LogP contribution is -2.39. The van der Waals surface area contributed by atoms with Gasteiger partial charge in [-0.05, 0) is 39.0 Å². The Morgan fingerprint density at radius 2 is 2.06 bits per heavy atom. The molecule has 2 rings (SSSR count). The molecule has 2 fully saturated rings. The van der Waals surface area contributed by atoms with Crippen molar-refractivity contribution in [2.45, 2.75) is 62.9 Å². The maximum absolute atomic E-state index is 11.1. The summed E-state index contributed by atoms with van der Waals surface area (Å²) in [6.45, 7) is 5.10. The van der Waals surface area contributed by atoms with Gasteiger partial charge in [-0.2, -0.15) is 0 Å². The predicted molar refractivity (Wildman–Crippen MR) is 62.2 cm³/mol. The fraction of sp³-hybridized carbons (Fsp3) is 0.769. The average molecular weight is 240 g/mol. The van der Waals surface area contributed by atoms with Crippen LogP contribution in [0.1, 0.15) is 45.4 Å². The van der Waals surface area contributed by atoms with Gasteiger partial charge in [0.1, 0.15) is 6.10 Å². The first-order valence-electron chi connectivity index (χ1n) is 6.20. The normalized spacial score (nSPS) is 41.4. The van der Waals surface area contributed by atoms with Crippen molar-refractivity contribution < 1.29 is 19.4 Å². The first kappa shape index (κ1) is 12.6. The molecule has 4 nitrogen and oxygen atoms in total. The molecule has 1 aliphatic heterocycles. The fourth-order valence-corrected chi connectivity index (χ4v) is 2.83. The summed E-state index contributed by atoms with van der Waals surface area (Å²) < 4.78 is 11.0. The van der Waals surface area contributed by atoms with Crippen LogP contribution in [0.5, 0.6) is 0 Å². The Kier molecular flexibility index (Phi) is 3.27. The molecular weight excluding hydrogens is 220 g/mol. The van der Waals surface area contributed by atoms with Crippen molar-refractivity contribution >= 4 is 5.97 Å². The lowest BCUT2D eigenvalue weighted by Gasteiger charge is -2.37. The summed E-state index contributed by atoms with van der Waals surface area (Å²) in [5.41, 5.74) is -0.194. The van der Waals surface area contributed by atoms with Crippen LogP contribution in [0.2, 0.25) is 0 Å². The van der Waals surface area contributed by atoms with Gasteiger partial charge < -0.3 is 14.6 Å². The highest BCUT2D eigenvalue weighted by Gasteiger charge is 2.47. The van der Waals surface area contributed by atoms with Gasteiger partial charge in [-0.15, -0.1) is 0 Å². The molecule has 0 radical (unpaired) electrons. The maximum atomic E-state index is 11.1. The van der Waals surface area contributed by atoms with E-state index in [0.29, 0.717) is 6.42 Å². The Bertz CT molecular complexity index is 313. The molecule has 96 valence electrons. The van der Waals surface area contributed by atoms with Crippen LogP contribution in [-0.2, 0) is 14.3 Å². The van der Waals surface area contributed by atoms with Gasteiger partial charge in [0.05, 0.1) is 5.60 Å². The molecule has 1 spiro atoms. The molecule has 1 atom stereocenters. The molecule has 4 heteroatoms. The minimum atomic E-state index is -0.982. The first-order valence-corrected chi connectivity index (χ1v) is 6.20. The molecule has 1 unspecified atom stereocenters. The third-order valence-corrected chi connectivity index (χ3v) is 3.77. The fourth-order valence-electron chi connectivity index (χ4n) is 2.83. The van der Waals surface area contributed by atoms with Gasteiger partial charge in [-0.3, -0.25) is 0 Å². The minimum Gasteiger partial charge on any atom is -0.459 e. The largest absolute Gasteiger partial charge is 0.459 e. The van der Waals surface area contributed by atoms with E-state index in [9.17, 15) is 9.90 Å². The number of ether oxygens (including phenoxy) is 2. The molecule has 0 aromatic heterocycles. The van der Waals surface area contributed by atoms with E-state index in [1.54, 1.807) is 6.92 Å². The number of esters is 1. The number of carbonyl (C=O) groups is 1. The average Bonchev–Trinajstić information content (AvgIpc) is 2.58. The number of aliphatic hydroxyl groups is 1. The van der Waals surface area contributed by atoms with Crippen LogP contribution in [0.25, 0.3) is 0 Å². The number of hydrogen-bond donors (Lipinski definition) is 1. The zero-order valence-electron chi connectivity index (χ0n) is 10.3. The van der Waals surface area contributed by atoms with Crippen LogP contribution in [-0.4, -0.2) is 28.6 Å². The molecule has 0 aromatic rings. The molecule has 0 bridgehead atoms. The zero-order valence-corrected chi connectivity index (χ0v) is 10.3. The second-order valence-corrected chi connectivity index (χ2v) is 5.30. The number of rotatable bonds is 2. The van der Waals surface area contributed by atoms with Gasteiger partial charge in [0.2, 0.25) is 0 Å². The van der Waals surface area contributed by atoms with Gasteiger partial charge in [-0.25, -0.2) is 4.79 Å². The molecule has 1 saturated heterocycles. The lowest BCUT2D eigenvalue weighted by atomic mass is 9.81.